The van der Waals surface area contributed by atoms with Crippen LogP contribution >= 0.6 is 0 Å². The number of hydrogen-bond acceptors (Lipinski definition) is 5. The predicted octanol–water partition coefficient (Wildman–Crippen LogP) is 2.40. The number of nitrogens with zero attached hydrogens (tertiary/aromatic N) is 2. The Labute approximate surface area is 183 Å². The first-order chi connectivity index (χ1) is 15.1. The quantitative estimate of drug-likeness (QED) is 0.488. The molecule has 2 amide bonds. The number of imidazole rings is 1. The molecule has 1 aromatic carbocycles. The van der Waals surface area contributed by atoms with Gasteiger partial charge in [-0.15, -0.1) is 0 Å². The first kappa shape index (κ1) is 21.4. The molecule has 1 saturated carbocycles. The summed E-state index contributed by atoms with van der Waals surface area (Å²) in [5.74, 6) is 0.478. The third kappa shape index (κ3) is 5.07. The van der Waals surface area contributed by atoms with Crippen molar-refractivity contribution in [2.75, 3.05) is 43.4 Å². The van der Waals surface area contributed by atoms with Crippen LogP contribution in [0.5, 0.6) is 0 Å². The van der Waals surface area contributed by atoms with Crippen molar-refractivity contribution in [3.05, 3.63) is 41.5 Å². The average molecular weight is 425 g/mol. The van der Waals surface area contributed by atoms with Crippen molar-refractivity contribution in [1.29, 1.82) is 0 Å². The third-order valence-corrected chi connectivity index (χ3v) is 6.22. The van der Waals surface area contributed by atoms with Gasteiger partial charge in [0.2, 0.25) is 5.91 Å². The number of carbonyl (C=O) groups is 2. The number of aromatic nitrogens is 2. The zero-order valence-electron chi connectivity index (χ0n) is 18.3. The van der Waals surface area contributed by atoms with E-state index in [1.807, 2.05) is 25.2 Å². The van der Waals surface area contributed by atoms with Crippen LogP contribution in [0.3, 0.4) is 0 Å². The second-order valence-corrected chi connectivity index (χ2v) is 8.53. The molecule has 4 N–H and O–H groups in total. The Morgan fingerprint density at radius 2 is 1.94 bits per heavy atom. The van der Waals surface area contributed by atoms with Gasteiger partial charge in [-0.25, -0.2) is 4.98 Å². The third-order valence-electron chi connectivity index (χ3n) is 6.22. The summed E-state index contributed by atoms with van der Waals surface area (Å²) >= 11 is 0. The zero-order valence-corrected chi connectivity index (χ0v) is 18.3. The van der Waals surface area contributed by atoms with Gasteiger partial charge in [-0.2, -0.15) is 0 Å². The minimum Gasteiger partial charge on any atom is -0.370 e. The van der Waals surface area contributed by atoms with Gasteiger partial charge in [-0.05, 0) is 57.9 Å². The maximum Gasteiger partial charge on any atom is 0.251 e. The Kier molecular flexibility index (Phi) is 6.56. The lowest BCUT2D eigenvalue weighted by molar-refractivity contribution is -0.117. The normalized spacial score (nSPS) is 16.9. The number of amides is 2. The smallest absolute Gasteiger partial charge is 0.251 e. The van der Waals surface area contributed by atoms with Crippen LogP contribution in [-0.2, 0) is 4.79 Å². The highest BCUT2D eigenvalue weighted by atomic mass is 16.2. The molecular formula is C23H32N6O2. The number of anilines is 2. The number of nitrogens with one attached hydrogen (secondary N) is 4. The van der Waals surface area contributed by atoms with Gasteiger partial charge in [-0.3, -0.25) is 9.59 Å². The lowest BCUT2D eigenvalue weighted by Crippen LogP contribution is -2.34. The maximum atomic E-state index is 12.5. The molecule has 0 bridgehead atoms. The minimum absolute atomic E-state index is 0.0519. The van der Waals surface area contributed by atoms with Crippen LogP contribution < -0.4 is 20.9 Å². The van der Waals surface area contributed by atoms with Crippen LogP contribution in [0.4, 0.5) is 11.4 Å². The fourth-order valence-electron chi connectivity index (χ4n) is 4.21. The molecule has 2 heterocycles. The Balaban J connectivity index is 1.49. The SMILES string of the molecule is CNCCNC(=O)c1ccc(N2CCC(c3nc[nH]c3C)CC2)c(NC(=O)C2CC2)c1. The number of aromatic amines is 1. The van der Waals surface area contributed by atoms with Crippen LogP contribution in [-0.4, -0.2) is 55.0 Å². The molecule has 2 aromatic rings. The summed E-state index contributed by atoms with van der Waals surface area (Å²) < 4.78 is 0. The minimum atomic E-state index is -0.128. The summed E-state index contributed by atoms with van der Waals surface area (Å²) in [6.07, 6.45) is 5.67. The Morgan fingerprint density at radius 3 is 2.58 bits per heavy atom. The second kappa shape index (κ2) is 9.51. The first-order valence-corrected chi connectivity index (χ1v) is 11.2. The van der Waals surface area contributed by atoms with Gasteiger partial charge in [-0.1, -0.05) is 0 Å². The molecule has 166 valence electrons. The van der Waals surface area contributed by atoms with Gasteiger partial charge in [0, 0.05) is 49.3 Å². The van der Waals surface area contributed by atoms with Gasteiger partial charge >= 0.3 is 0 Å². The average Bonchev–Trinajstić information content (AvgIpc) is 3.55. The second-order valence-electron chi connectivity index (χ2n) is 8.53. The topological polar surface area (TPSA) is 102 Å². The van der Waals surface area contributed by atoms with E-state index < -0.39 is 0 Å². The van der Waals surface area contributed by atoms with Crippen molar-refractivity contribution in [1.82, 2.24) is 20.6 Å². The van der Waals surface area contributed by atoms with Crippen LogP contribution in [0, 0.1) is 12.8 Å². The molecule has 0 atom stereocenters. The molecule has 4 rings (SSSR count). The number of aryl methyl sites for hydroxylation is 1. The molecule has 1 aromatic heterocycles. The van der Waals surface area contributed by atoms with Crippen molar-refractivity contribution in [3.8, 4) is 0 Å². The number of carbonyl (C=O) groups excluding carboxylic acids is 2. The van der Waals surface area contributed by atoms with E-state index in [0.717, 1.165) is 61.5 Å². The highest BCUT2D eigenvalue weighted by Crippen LogP contribution is 2.36. The van der Waals surface area contributed by atoms with Crippen molar-refractivity contribution in [2.45, 2.75) is 38.5 Å². The summed E-state index contributed by atoms with van der Waals surface area (Å²) in [4.78, 5) is 35.0. The van der Waals surface area contributed by atoms with Crippen molar-refractivity contribution in [3.63, 3.8) is 0 Å². The Hall–Kier alpha value is -2.87. The molecule has 0 spiro atoms. The molecule has 1 aliphatic heterocycles. The summed E-state index contributed by atoms with van der Waals surface area (Å²) in [5.41, 5.74) is 4.58. The van der Waals surface area contributed by atoms with Crippen molar-refractivity contribution < 1.29 is 9.59 Å². The van der Waals surface area contributed by atoms with E-state index in [4.69, 9.17) is 0 Å². The highest BCUT2D eigenvalue weighted by Gasteiger charge is 2.31. The van der Waals surface area contributed by atoms with Gasteiger partial charge in [0.15, 0.2) is 0 Å². The number of hydrogen-bond donors (Lipinski definition) is 4. The van der Waals surface area contributed by atoms with Crippen LogP contribution in [0.15, 0.2) is 24.5 Å². The van der Waals surface area contributed by atoms with Gasteiger partial charge in [0.1, 0.15) is 0 Å². The summed E-state index contributed by atoms with van der Waals surface area (Å²) in [6.45, 7) is 5.11. The molecule has 1 aliphatic carbocycles. The van der Waals surface area contributed by atoms with E-state index in [1.54, 1.807) is 6.33 Å². The predicted molar refractivity (Wildman–Crippen MR) is 122 cm³/mol. The molecule has 0 radical (unpaired) electrons. The summed E-state index contributed by atoms with van der Waals surface area (Å²) in [7, 11) is 1.85. The van der Waals surface area contributed by atoms with E-state index in [1.165, 1.54) is 0 Å². The fraction of sp³-hybridized carbons (Fsp3) is 0.522. The van der Waals surface area contributed by atoms with E-state index in [2.05, 4.69) is 37.7 Å². The fourth-order valence-corrected chi connectivity index (χ4v) is 4.21. The van der Waals surface area contributed by atoms with Gasteiger partial charge in [0.25, 0.3) is 5.91 Å². The molecule has 2 fully saturated rings. The van der Waals surface area contributed by atoms with Crippen molar-refractivity contribution in [2.24, 2.45) is 5.92 Å². The van der Waals surface area contributed by atoms with Crippen LogP contribution in [0.25, 0.3) is 0 Å². The molecule has 1 saturated heterocycles. The lowest BCUT2D eigenvalue weighted by atomic mass is 9.92. The van der Waals surface area contributed by atoms with E-state index in [0.29, 0.717) is 24.6 Å². The molecule has 0 unspecified atom stereocenters. The standard InChI is InChI=1S/C23H32N6O2/c1-15-21(27-14-26-15)16-7-11-29(12-8-16)20-6-5-18(22(30)25-10-9-24-2)13-19(20)28-23(31)17-3-4-17/h5-6,13-14,16-17,24H,3-4,7-12H2,1-2H3,(H,25,30)(H,26,27)(H,28,31). The number of piperidine rings is 1. The maximum absolute atomic E-state index is 12.5. The van der Waals surface area contributed by atoms with Crippen LogP contribution in [0.2, 0.25) is 0 Å². The first-order valence-electron chi connectivity index (χ1n) is 11.2. The van der Waals surface area contributed by atoms with Gasteiger partial charge < -0.3 is 25.8 Å². The number of rotatable bonds is 8. The van der Waals surface area contributed by atoms with Crippen LogP contribution in [0.1, 0.15) is 53.3 Å². The van der Waals surface area contributed by atoms with E-state index in [9.17, 15) is 9.59 Å². The van der Waals surface area contributed by atoms with Gasteiger partial charge in [0.05, 0.1) is 23.4 Å². The van der Waals surface area contributed by atoms with E-state index >= 15 is 0 Å². The number of H-pyrrole nitrogens is 1. The molecule has 31 heavy (non-hydrogen) atoms. The summed E-state index contributed by atoms with van der Waals surface area (Å²) in [6, 6.07) is 5.63. The zero-order chi connectivity index (χ0) is 21.8. The monoisotopic (exact) mass is 424 g/mol. The molecule has 8 nitrogen and oxygen atoms in total. The molecule has 2 aliphatic rings. The van der Waals surface area contributed by atoms with E-state index in [-0.39, 0.29) is 17.7 Å². The lowest BCUT2D eigenvalue weighted by Gasteiger charge is -2.34. The number of likely N-dealkylation sites (N-methyl/N-ethyl adjacent to an activating group) is 1. The summed E-state index contributed by atoms with van der Waals surface area (Å²) in [5, 5.41) is 9.01. The highest BCUT2D eigenvalue weighted by molar-refractivity contribution is 6.01. The molecular weight excluding hydrogens is 392 g/mol. The van der Waals surface area contributed by atoms with Crippen molar-refractivity contribution >= 4 is 23.2 Å². The Morgan fingerprint density at radius 1 is 1.16 bits per heavy atom. The number of benzene rings is 1. The molecule has 8 heteroatoms. The Bertz CT molecular complexity index is 928. The largest absolute Gasteiger partial charge is 0.370 e.